The number of benzene rings is 6. The van der Waals surface area contributed by atoms with Crippen LogP contribution in [0.15, 0.2) is 84.9 Å². The Morgan fingerprint density at radius 2 is 0.908 bits per heavy atom. The fraction of sp³-hybridized carbons (Fsp3) is 0.494. The number of rotatable bonds is 12. The van der Waals surface area contributed by atoms with Gasteiger partial charge >= 0.3 is 61.3 Å². The van der Waals surface area contributed by atoms with E-state index in [0.29, 0.717) is 88.9 Å². The number of aliphatic carboxylic acids is 1. The van der Waals surface area contributed by atoms with Crippen molar-refractivity contribution in [3.8, 4) is 34.5 Å². The number of nitrogens with zero attached hydrogens (tertiary/aromatic N) is 5. The van der Waals surface area contributed by atoms with E-state index in [1.807, 2.05) is 67.2 Å². The van der Waals surface area contributed by atoms with Gasteiger partial charge in [0.25, 0.3) is 0 Å². The quantitative estimate of drug-likeness (QED) is 0.0378. The molecule has 654 valence electrons. The van der Waals surface area contributed by atoms with E-state index in [1.165, 1.54) is 30.3 Å². The molecule has 6 aromatic carbocycles. The third-order valence-corrected chi connectivity index (χ3v) is 23.2. The minimum absolute atomic E-state index is 0. The van der Waals surface area contributed by atoms with Crippen LogP contribution < -0.4 is 33.0 Å². The lowest BCUT2D eigenvalue weighted by Crippen LogP contribution is -2.52. The van der Waals surface area contributed by atoms with Gasteiger partial charge in [-0.1, -0.05) is 71.5 Å². The maximum atomic E-state index is 16.3. The molecule has 25 nitrogen and oxygen atoms in total. The molecule has 0 aliphatic carbocycles. The molecule has 2 N–H and O–H groups in total. The number of alkyl halides is 6. The van der Waals surface area contributed by atoms with Crippen molar-refractivity contribution < 1.29 is 133 Å². The standard InChI is InChI=1S/C40H42F5N3O9S.C31H26F5NO8S.C9H18N2O2.C2H6.CH4/c1-22-21-38(5,6)48(13-9-12-31(49)46-14-16-47(17-15-46)36(51)56-37(2,3)4)29-20-30-26(18-24(22)29)39(25-11-8-7-10-23(25)35(50)55-39)27-19-28(41)34(32(42)33(27)54-30)57-58(52,53)40(43,44)45;1-15-14-29(2,3)37(10-6-9-24(38)39)22-13-23-19(11-17(15)22)30(18-8-5-4-7-16(18)28(40)44-30)20-12-21(32)27(25(33)26(20)43-23)45-46(41,42)31(34,35)36;1-9(2,3)13-8(12)11-6-4-10-5-7-11;1-2;/h7-8,10-11,18-20,22H,9,12-17,21H2,1-6H3;4-5,7-8,11-13,15H,6,9-10,14H2,1-3H3,(H,38,39);10H,4-7H2,1-3H3;1-2H3;1H4/i;;;1D;. The highest BCUT2D eigenvalue weighted by Crippen LogP contribution is 2.63. The Kier molecular flexibility index (Phi) is 25.3. The van der Waals surface area contributed by atoms with Crippen molar-refractivity contribution in [1.82, 2.24) is 20.0 Å². The number of piperazine rings is 2. The molecule has 37 heteroatoms. The average molecular weight is 1740 g/mol. The molecule has 2 spiro atoms. The molecule has 2 saturated heterocycles. The van der Waals surface area contributed by atoms with E-state index >= 15 is 17.6 Å². The molecule has 0 bridgehead atoms. The van der Waals surface area contributed by atoms with Crippen molar-refractivity contribution >= 4 is 67.6 Å². The summed E-state index contributed by atoms with van der Waals surface area (Å²) in [4.78, 5) is 84.3. The number of carbonyl (C=O) groups is 6. The van der Waals surface area contributed by atoms with E-state index in [2.05, 4.69) is 18.6 Å². The van der Waals surface area contributed by atoms with Crippen LogP contribution in [-0.4, -0.2) is 171 Å². The Balaban J connectivity index is 0.000000217. The molecule has 0 aromatic heterocycles. The van der Waals surface area contributed by atoms with Crippen molar-refractivity contribution in [3.63, 3.8) is 0 Å². The van der Waals surface area contributed by atoms with Crippen LogP contribution in [0.3, 0.4) is 0 Å². The smallest absolute Gasteiger partial charge is 0.481 e. The number of carboxylic acid groups (broad SMARTS) is 1. The number of ether oxygens (including phenoxy) is 6. The Morgan fingerprint density at radius 1 is 0.550 bits per heavy atom. The van der Waals surface area contributed by atoms with Gasteiger partial charge in [0.2, 0.25) is 29.0 Å². The van der Waals surface area contributed by atoms with Crippen molar-refractivity contribution in [2.24, 2.45) is 0 Å². The van der Waals surface area contributed by atoms with Gasteiger partial charge in [-0.2, -0.15) is 52.0 Å². The van der Waals surface area contributed by atoms with Crippen LogP contribution >= 0.6 is 0 Å². The summed E-state index contributed by atoms with van der Waals surface area (Å²) in [6, 6.07) is 19.7. The Bertz CT molecular complexity index is 5280. The molecule has 14 rings (SSSR count). The number of hydrogen-bond acceptors (Lipinski definition) is 21. The molecular weight excluding hydrogens is 1640 g/mol. The number of anilines is 2. The zero-order chi connectivity index (χ0) is 88.5. The lowest BCUT2D eigenvalue weighted by atomic mass is 9.74. The third-order valence-electron chi connectivity index (χ3n) is 21.3. The zero-order valence-corrected chi connectivity index (χ0v) is 69.0. The highest BCUT2D eigenvalue weighted by Gasteiger charge is 2.60. The Labute approximate surface area is 690 Å². The number of esters is 2. The second-order valence-corrected chi connectivity index (χ2v) is 35.9. The molecule has 4 atom stereocenters. The van der Waals surface area contributed by atoms with E-state index in [-0.39, 0.29) is 101 Å². The first kappa shape index (κ1) is 90.5. The van der Waals surface area contributed by atoms with Gasteiger partial charge < -0.3 is 71.7 Å². The second-order valence-electron chi connectivity index (χ2n) is 32.8. The van der Waals surface area contributed by atoms with Crippen LogP contribution in [0.1, 0.15) is 221 Å². The molecule has 6 aromatic rings. The number of halogens is 10. The molecule has 0 radical (unpaired) electrons. The van der Waals surface area contributed by atoms with E-state index in [1.54, 1.807) is 84.9 Å². The van der Waals surface area contributed by atoms with Gasteiger partial charge in [0, 0.05) is 136 Å². The van der Waals surface area contributed by atoms with Crippen LogP contribution in [-0.2, 0) is 60.0 Å². The first-order chi connectivity index (χ1) is 55.7. The van der Waals surface area contributed by atoms with Gasteiger partial charge in [0.15, 0.2) is 34.3 Å². The molecule has 3 amide bonds. The minimum Gasteiger partial charge on any atom is -0.481 e. The van der Waals surface area contributed by atoms with Gasteiger partial charge in [0.05, 0.1) is 22.3 Å². The number of nitrogens with one attached hydrogen (secondary N) is 1. The average Bonchev–Trinajstić information content (AvgIpc) is 1.58. The van der Waals surface area contributed by atoms with Crippen LogP contribution in [0.5, 0.6) is 34.5 Å². The summed E-state index contributed by atoms with van der Waals surface area (Å²) in [5, 5.41) is 12.4. The molecular formula is C83H96F10N6O19S2. The molecule has 2 fully saturated rings. The first-order valence-electron chi connectivity index (χ1n) is 38.9. The van der Waals surface area contributed by atoms with Gasteiger partial charge in [-0.05, 0) is 154 Å². The van der Waals surface area contributed by atoms with Crippen LogP contribution in [0, 0.1) is 23.3 Å². The van der Waals surface area contributed by atoms with Crippen molar-refractivity contribution in [2.75, 3.05) is 75.2 Å². The van der Waals surface area contributed by atoms with Crippen LogP contribution in [0.4, 0.5) is 64.9 Å². The van der Waals surface area contributed by atoms with Crippen LogP contribution in [0.2, 0.25) is 0 Å². The number of carbonyl (C=O) groups excluding carboxylic acids is 5. The van der Waals surface area contributed by atoms with Gasteiger partial charge in [-0.3, -0.25) is 9.59 Å². The van der Waals surface area contributed by atoms with Gasteiger partial charge in [0.1, 0.15) is 22.7 Å². The summed E-state index contributed by atoms with van der Waals surface area (Å²) in [5.74, 6) is -16.2. The SMILES string of the molecule is C.CC(C)(C)OC(=O)N1CCNCC1.CC1CC(C)(C)N(CCCC(=O)N2CCN(C(=O)OC(C)(C)C)CC2)c2cc3c(cc21)C1(OC(=O)c2ccccc21)c1cc(F)c(OS(=O)(=O)C(F)(F)F)c(F)c1O3.CC1CC(C)(C)N(CCCC(=O)O)c2cc3c(cc21)C1(OC(=O)c2ccccc21)c1cc(F)c(OS(=O)(=O)C(F)(F)F)c(F)c1O3.[2H]CC. The largest absolute Gasteiger partial charge is 0.534 e. The topological polar surface area (TPSA) is 293 Å². The monoisotopic (exact) mass is 1740 g/mol. The van der Waals surface area contributed by atoms with Gasteiger partial charge in [-0.25, -0.2) is 28.0 Å². The van der Waals surface area contributed by atoms with Gasteiger partial charge in [-0.15, -0.1) is 0 Å². The van der Waals surface area contributed by atoms with E-state index in [4.69, 9.17) is 29.8 Å². The van der Waals surface area contributed by atoms with E-state index in [0.717, 1.165) is 37.3 Å². The summed E-state index contributed by atoms with van der Waals surface area (Å²) in [6.45, 7) is 30.5. The molecule has 8 aliphatic heterocycles. The van der Waals surface area contributed by atoms with E-state index in [9.17, 15) is 77.1 Å². The van der Waals surface area contributed by atoms with Crippen molar-refractivity contribution in [1.29, 1.82) is 0 Å². The highest BCUT2D eigenvalue weighted by atomic mass is 32.2. The molecule has 0 saturated carbocycles. The number of hydrogen-bond donors (Lipinski definition) is 2. The third kappa shape index (κ3) is 17.6. The minimum atomic E-state index is -6.52. The lowest BCUT2D eigenvalue weighted by molar-refractivity contribution is -0.137. The fourth-order valence-electron chi connectivity index (χ4n) is 16.3. The molecule has 8 heterocycles. The molecule has 4 unspecified atom stereocenters. The molecule has 8 aliphatic rings. The summed E-state index contributed by atoms with van der Waals surface area (Å²) in [5.41, 5.74) is -15.5. The molecule has 120 heavy (non-hydrogen) atoms. The number of fused-ring (bicyclic) bond motifs is 14. The maximum Gasteiger partial charge on any atom is 0.534 e. The predicted octanol–water partition coefficient (Wildman–Crippen LogP) is 16.9. The fourth-order valence-corrected chi connectivity index (χ4v) is 17.2. The summed E-state index contributed by atoms with van der Waals surface area (Å²) < 4.78 is 239. The summed E-state index contributed by atoms with van der Waals surface area (Å²) in [7, 11) is -13.0. The normalized spacial score (nSPS) is 20.4. The Hall–Kier alpha value is -10.3. The summed E-state index contributed by atoms with van der Waals surface area (Å²) >= 11 is 0. The van der Waals surface area contributed by atoms with Crippen molar-refractivity contribution in [2.45, 2.75) is 199 Å². The highest BCUT2D eigenvalue weighted by molar-refractivity contribution is 7.88. The lowest BCUT2D eigenvalue weighted by Gasteiger charge is -2.49. The predicted molar refractivity (Wildman–Crippen MR) is 419 cm³/mol. The van der Waals surface area contributed by atoms with Crippen molar-refractivity contribution in [3.05, 3.63) is 164 Å². The first-order valence-corrected chi connectivity index (χ1v) is 41.0. The number of carboxylic acids is 1. The number of amides is 3. The van der Waals surface area contributed by atoms with E-state index < -0.39 is 141 Å². The zero-order valence-electron chi connectivity index (χ0n) is 68.4. The summed E-state index contributed by atoms with van der Waals surface area (Å²) in [6.07, 6.45) is 1.41. The Morgan fingerprint density at radius 3 is 1.27 bits per heavy atom. The maximum absolute atomic E-state index is 16.3. The second kappa shape index (κ2) is 33.6. The van der Waals surface area contributed by atoms with Crippen LogP contribution in [0.25, 0.3) is 0 Å².